The number of thiophene rings is 1. The Balaban J connectivity index is 1.60. The first-order valence-corrected chi connectivity index (χ1v) is 12.2. The van der Waals surface area contributed by atoms with E-state index in [0.29, 0.717) is 23.6 Å². The molecule has 1 amide bonds. The lowest BCUT2D eigenvalue weighted by atomic mass is 9.92. The van der Waals surface area contributed by atoms with Crippen molar-refractivity contribution in [1.29, 1.82) is 0 Å². The summed E-state index contributed by atoms with van der Waals surface area (Å²) in [6.07, 6.45) is 9.31. The van der Waals surface area contributed by atoms with Crippen LogP contribution in [0, 0.1) is 6.92 Å². The fraction of sp³-hybridized carbons (Fsp3) is 0.333. The topological polar surface area (TPSA) is 119 Å². The standard InChI is InChI=1S/C24H27N9OS/c1-14-6-9-19(35-14)18-10-25-22-17(33-20(11-27-31-33)24(3,4)5)8-7-16(12-32(18)22)23(34)29-15(2)21-26-13-28-30-21/h6,8-13,15H,7H2,1-5H3,(H,29,34)(H,26,28,30)/t15-/m0/s1. The number of hydrogen-bond donors (Lipinski definition) is 2. The summed E-state index contributed by atoms with van der Waals surface area (Å²) in [5, 5.41) is 18.3. The van der Waals surface area contributed by atoms with E-state index in [1.807, 2.05) is 34.6 Å². The molecule has 5 rings (SSSR count). The molecule has 0 spiro atoms. The van der Waals surface area contributed by atoms with Crippen LogP contribution in [0.4, 0.5) is 0 Å². The van der Waals surface area contributed by atoms with E-state index in [4.69, 9.17) is 4.98 Å². The van der Waals surface area contributed by atoms with Crippen molar-refractivity contribution in [3.05, 3.63) is 64.7 Å². The van der Waals surface area contributed by atoms with Crippen molar-refractivity contribution in [2.45, 2.75) is 52.5 Å². The molecule has 1 aliphatic heterocycles. The van der Waals surface area contributed by atoms with Gasteiger partial charge in [-0.15, -0.1) is 16.4 Å². The zero-order valence-electron chi connectivity index (χ0n) is 20.3. The van der Waals surface area contributed by atoms with E-state index in [9.17, 15) is 4.79 Å². The average molecular weight is 490 g/mol. The van der Waals surface area contributed by atoms with Gasteiger partial charge in [-0.25, -0.2) is 14.6 Å². The number of aromatic nitrogens is 8. The minimum Gasteiger partial charge on any atom is -0.343 e. The SMILES string of the molecule is Cc1ccc(-c2cnc3n2C=C(C(=O)N[C@@H](C)c2ncn[nH]2)CC=C3n2nncc2C(C)(C)C)s1. The first-order chi connectivity index (χ1) is 16.7. The lowest BCUT2D eigenvalue weighted by Crippen LogP contribution is -2.28. The molecule has 5 heterocycles. The maximum Gasteiger partial charge on any atom is 0.249 e. The third kappa shape index (κ3) is 4.34. The molecule has 10 nitrogen and oxygen atoms in total. The van der Waals surface area contributed by atoms with Crippen molar-refractivity contribution in [2.24, 2.45) is 0 Å². The molecule has 4 aromatic rings. The Labute approximate surface area is 206 Å². The maximum atomic E-state index is 13.3. The molecule has 4 aromatic heterocycles. The van der Waals surface area contributed by atoms with Crippen molar-refractivity contribution < 1.29 is 4.79 Å². The minimum absolute atomic E-state index is 0.179. The van der Waals surface area contributed by atoms with Gasteiger partial charge < -0.3 is 5.32 Å². The Hall–Kier alpha value is -3.86. The molecule has 0 fully saturated rings. The van der Waals surface area contributed by atoms with Crippen LogP contribution in [-0.4, -0.2) is 45.6 Å². The first-order valence-electron chi connectivity index (χ1n) is 11.4. The summed E-state index contributed by atoms with van der Waals surface area (Å²) in [4.78, 5) is 24.5. The van der Waals surface area contributed by atoms with Gasteiger partial charge in [0.2, 0.25) is 5.91 Å². The minimum atomic E-state index is -0.318. The summed E-state index contributed by atoms with van der Waals surface area (Å²) in [5.74, 6) is 1.11. The van der Waals surface area contributed by atoms with E-state index in [0.717, 1.165) is 22.0 Å². The van der Waals surface area contributed by atoms with Crippen LogP contribution >= 0.6 is 11.3 Å². The summed E-state index contributed by atoms with van der Waals surface area (Å²) in [7, 11) is 0. The smallest absolute Gasteiger partial charge is 0.249 e. The highest BCUT2D eigenvalue weighted by Gasteiger charge is 2.27. The number of aryl methyl sites for hydroxylation is 1. The van der Waals surface area contributed by atoms with Gasteiger partial charge in [0.25, 0.3) is 0 Å². The van der Waals surface area contributed by atoms with Crippen LogP contribution in [0.2, 0.25) is 0 Å². The second-order valence-electron chi connectivity index (χ2n) is 9.54. The lowest BCUT2D eigenvalue weighted by molar-refractivity contribution is -0.118. The number of allylic oxidation sites excluding steroid dienone is 1. The number of nitrogens with one attached hydrogen (secondary N) is 2. The second kappa shape index (κ2) is 8.73. The number of nitrogens with zero attached hydrogens (tertiary/aromatic N) is 7. The number of carbonyl (C=O) groups is 1. The molecule has 0 saturated carbocycles. The number of rotatable bonds is 5. The van der Waals surface area contributed by atoms with Gasteiger partial charge in [0.05, 0.1) is 34.7 Å². The highest BCUT2D eigenvalue weighted by Crippen LogP contribution is 2.34. The van der Waals surface area contributed by atoms with Crippen LogP contribution in [0.25, 0.3) is 22.5 Å². The molecule has 0 unspecified atom stereocenters. The van der Waals surface area contributed by atoms with Gasteiger partial charge >= 0.3 is 0 Å². The van der Waals surface area contributed by atoms with E-state index in [2.05, 4.69) is 70.6 Å². The monoisotopic (exact) mass is 489 g/mol. The van der Waals surface area contributed by atoms with Crippen LogP contribution in [0.5, 0.6) is 0 Å². The van der Waals surface area contributed by atoms with E-state index in [-0.39, 0.29) is 17.4 Å². The van der Waals surface area contributed by atoms with E-state index in [1.54, 1.807) is 17.5 Å². The van der Waals surface area contributed by atoms with E-state index in [1.165, 1.54) is 11.2 Å². The van der Waals surface area contributed by atoms with Crippen LogP contribution < -0.4 is 5.32 Å². The summed E-state index contributed by atoms with van der Waals surface area (Å²) >= 11 is 1.69. The zero-order chi connectivity index (χ0) is 24.7. The maximum absolute atomic E-state index is 13.3. The third-order valence-electron chi connectivity index (χ3n) is 5.85. The Bertz CT molecular complexity index is 1430. The van der Waals surface area contributed by atoms with Gasteiger partial charge in [-0.2, -0.15) is 5.10 Å². The zero-order valence-corrected chi connectivity index (χ0v) is 21.1. The predicted molar refractivity (Wildman–Crippen MR) is 134 cm³/mol. The molecule has 180 valence electrons. The normalized spacial score (nSPS) is 14.7. The number of fused-ring (bicyclic) bond motifs is 1. The Kier molecular flexibility index (Phi) is 5.72. The van der Waals surface area contributed by atoms with Crippen LogP contribution in [0.15, 0.2) is 42.5 Å². The number of aromatic amines is 1. The molecule has 0 bridgehead atoms. The fourth-order valence-electron chi connectivity index (χ4n) is 3.98. The van der Waals surface area contributed by atoms with Gasteiger partial charge in [0, 0.05) is 22.1 Å². The average Bonchev–Trinajstić information content (AvgIpc) is 3.59. The molecule has 0 radical (unpaired) electrons. The lowest BCUT2D eigenvalue weighted by Gasteiger charge is -2.20. The molecule has 11 heteroatoms. The van der Waals surface area contributed by atoms with Gasteiger partial charge in [0.15, 0.2) is 5.82 Å². The van der Waals surface area contributed by atoms with Gasteiger partial charge in [-0.1, -0.05) is 32.1 Å². The molecule has 1 aliphatic rings. The predicted octanol–water partition coefficient (Wildman–Crippen LogP) is 3.94. The molecule has 35 heavy (non-hydrogen) atoms. The van der Waals surface area contributed by atoms with Gasteiger partial charge in [-0.05, 0) is 32.4 Å². The summed E-state index contributed by atoms with van der Waals surface area (Å²) in [6, 6.07) is 3.84. The van der Waals surface area contributed by atoms with E-state index < -0.39 is 0 Å². The third-order valence-corrected chi connectivity index (χ3v) is 6.87. The van der Waals surface area contributed by atoms with Gasteiger partial charge in [0.1, 0.15) is 17.8 Å². The Morgan fingerprint density at radius 3 is 2.74 bits per heavy atom. The summed E-state index contributed by atoms with van der Waals surface area (Å²) in [5.41, 5.74) is 3.07. The molecule has 0 saturated heterocycles. The molecule has 0 aliphatic carbocycles. The van der Waals surface area contributed by atoms with Crippen molar-refractivity contribution in [3.8, 4) is 10.6 Å². The van der Waals surface area contributed by atoms with Crippen LogP contribution in [-0.2, 0) is 10.2 Å². The highest BCUT2D eigenvalue weighted by molar-refractivity contribution is 7.15. The van der Waals surface area contributed by atoms with Crippen molar-refractivity contribution in [1.82, 2.24) is 45.0 Å². The summed E-state index contributed by atoms with van der Waals surface area (Å²) in [6.45, 7) is 10.3. The van der Waals surface area contributed by atoms with Crippen molar-refractivity contribution >= 4 is 29.1 Å². The van der Waals surface area contributed by atoms with Crippen molar-refractivity contribution in [3.63, 3.8) is 0 Å². The molecular formula is C24H27N9OS. The largest absolute Gasteiger partial charge is 0.343 e. The Morgan fingerprint density at radius 2 is 2.06 bits per heavy atom. The second-order valence-corrected chi connectivity index (χ2v) is 10.8. The fourth-order valence-corrected chi connectivity index (χ4v) is 4.85. The van der Waals surface area contributed by atoms with Gasteiger partial charge in [-0.3, -0.25) is 14.5 Å². The first kappa shape index (κ1) is 22.9. The van der Waals surface area contributed by atoms with E-state index >= 15 is 0 Å². The summed E-state index contributed by atoms with van der Waals surface area (Å²) < 4.78 is 3.81. The number of imidazole rings is 1. The molecule has 2 N–H and O–H groups in total. The van der Waals surface area contributed by atoms with Crippen LogP contribution in [0.3, 0.4) is 0 Å². The number of H-pyrrole nitrogens is 1. The quantitative estimate of drug-likeness (QED) is 0.438. The highest BCUT2D eigenvalue weighted by atomic mass is 32.1. The molecular weight excluding hydrogens is 462 g/mol. The van der Waals surface area contributed by atoms with Crippen LogP contribution in [0.1, 0.15) is 62.4 Å². The van der Waals surface area contributed by atoms with Crippen molar-refractivity contribution in [2.75, 3.05) is 0 Å². The number of carbonyl (C=O) groups excluding carboxylic acids is 1. The molecule has 1 atom stereocenters. The number of hydrogen-bond acceptors (Lipinski definition) is 7. The molecule has 0 aromatic carbocycles. The number of amides is 1. The Morgan fingerprint density at radius 1 is 1.23 bits per heavy atom.